The van der Waals surface area contributed by atoms with Gasteiger partial charge in [0.05, 0.1) is 12.5 Å². The average Bonchev–Trinajstić information content (AvgIpc) is 2.27. The third kappa shape index (κ3) is 5.69. The Bertz CT molecular complexity index is 278. The molecule has 0 saturated carbocycles. The first-order valence-electron chi connectivity index (χ1n) is 6.28. The molecule has 0 aromatic rings. The molecule has 1 unspecified atom stereocenters. The van der Waals surface area contributed by atoms with Crippen molar-refractivity contribution >= 4 is 24.2 Å². The van der Waals surface area contributed by atoms with Gasteiger partial charge in [-0.05, 0) is 25.3 Å². The van der Waals surface area contributed by atoms with E-state index in [0.717, 1.165) is 19.4 Å². The Kier molecular flexibility index (Phi) is 7.95. The maximum absolute atomic E-state index is 12.2. The third-order valence-corrected chi connectivity index (χ3v) is 2.89. The topological polar surface area (TPSA) is 75.4 Å². The largest absolute Gasteiger partial charge is 0.368 e. The van der Waals surface area contributed by atoms with Gasteiger partial charge in [0, 0.05) is 13.1 Å². The van der Waals surface area contributed by atoms with Crippen LogP contribution in [-0.2, 0) is 9.59 Å². The molecule has 1 aliphatic heterocycles. The molecule has 1 saturated heterocycles. The standard InChI is InChI=1S/C12H23N3O2.ClH/c1-9(2)7-15(8-11(13)16)12(17)10-4-3-5-14-6-10;/h9-10,14H,3-8H2,1-2H3,(H2,13,16);1H. The monoisotopic (exact) mass is 277 g/mol. The van der Waals surface area contributed by atoms with E-state index in [-0.39, 0.29) is 30.8 Å². The van der Waals surface area contributed by atoms with Crippen LogP contribution in [0.1, 0.15) is 26.7 Å². The quantitative estimate of drug-likeness (QED) is 0.763. The van der Waals surface area contributed by atoms with Crippen LogP contribution in [0.5, 0.6) is 0 Å². The van der Waals surface area contributed by atoms with Crippen molar-refractivity contribution in [3.63, 3.8) is 0 Å². The van der Waals surface area contributed by atoms with Crippen LogP contribution in [-0.4, -0.2) is 42.9 Å². The lowest BCUT2D eigenvalue weighted by Gasteiger charge is -2.30. The number of primary amides is 1. The average molecular weight is 278 g/mol. The summed E-state index contributed by atoms with van der Waals surface area (Å²) < 4.78 is 0. The molecule has 0 spiro atoms. The summed E-state index contributed by atoms with van der Waals surface area (Å²) in [6.45, 7) is 6.38. The smallest absolute Gasteiger partial charge is 0.237 e. The van der Waals surface area contributed by atoms with E-state index >= 15 is 0 Å². The predicted molar refractivity (Wildman–Crippen MR) is 73.5 cm³/mol. The second kappa shape index (κ2) is 8.32. The number of carbonyl (C=O) groups is 2. The van der Waals surface area contributed by atoms with Crippen molar-refractivity contribution in [1.82, 2.24) is 10.2 Å². The van der Waals surface area contributed by atoms with Crippen molar-refractivity contribution < 1.29 is 9.59 Å². The Labute approximate surface area is 115 Å². The zero-order valence-electron chi connectivity index (χ0n) is 11.1. The van der Waals surface area contributed by atoms with Gasteiger partial charge in [-0.3, -0.25) is 9.59 Å². The van der Waals surface area contributed by atoms with Crippen molar-refractivity contribution in [3.8, 4) is 0 Å². The summed E-state index contributed by atoms with van der Waals surface area (Å²) in [5, 5.41) is 3.21. The van der Waals surface area contributed by atoms with Gasteiger partial charge in [-0.1, -0.05) is 13.8 Å². The Balaban J connectivity index is 0.00000289. The van der Waals surface area contributed by atoms with Gasteiger partial charge in [-0.25, -0.2) is 0 Å². The van der Waals surface area contributed by atoms with Crippen LogP contribution in [0.4, 0.5) is 0 Å². The highest BCUT2D eigenvalue weighted by atomic mass is 35.5. The maximum atomic E-state index is 12.2. The molecule has 0 aliphatic carbocycles. The number of amides is 2. The van der Waals surface area contributed by atoms with Crippen molar-refractivity contribution in [3.05, 3.63) is 0 Å². The van der Waals surface area contributed by atoms with E-state index in [0.29, 0.717) is 19.0 Å². The fourth-order valence-corrected chi connectivity index (χ4v) is 2.18. The number of carbonyl (C=O) groups excluding carboxylic acids is 2. The van der Waals surface area contributed by atoms with E-state index in [4.69, 9.17) is 5.73 Å². The highest BCUT2D eigenvalue weighted by Crippen LogP contribution is 2.14. The minimum Gasteiger partial charge on any atom is -0.368 e. The van der Waals surface area contributed by atoms with Gasteiger partial charge in [0.25, 0.3) is 0 Å². The fraction of sp³-hybridized carbons (Fsp3) is 0.833. The first-order chi connectivity index (χ1) is 8.00. The number of nitrogens with one attached hydrogen (secondary N) is 1. The van der Waals surface area contributed by atoms with Crippen LogP contribution in [0, 0.1) is 11.8 Å². The van der Waals surface area contributed by atoms with Crippen molar-refractivity contribution in [2.24, 2.45) is 17.6 Å². The van der Waals surface area contributed by atoms with Gasteiger partial charge < -0.3 is 16.0 Å². The van der Waals surface area contributed by atoms with Crippen LogP contribution in [0.25, 0.3) is 0 Å². The lowest BCUT2D eigenvalue weighted by molar-refractivity contribution is -0.139. The van der Waals surface area contributed by atoms with Crippen LogP contribution in [0.3, 0.4) is 0 Å². The molecule has 0 aromatic heterocycles. The number of piperidine rings is 1. The minimum absolute atomic E-state index is 0. The number of rotatable bonds is 5. The Hall–Kier alpha value is -0.810. The van der Waals surface area contributed by atoms with Gasteiger partial charge in [0.15, 0.2) is 0 Å². The van der Waals surface area contributed by atoms with Gasteiger partial charge in [-0.15, -0.1) is 12.4 Å². The fourth-order valence-electron chi connectivity index (χ4n) is 2.18. The van der Waals surface area contributed by atoms with E-state index in [1.54, 1.807) is 4.90 Å². The first kappa shape index (κ1) is 17.2. The molecule has 6 heteroatoms. The Morgan fingerprint density at radius 2 is 2.11 bits per heavy atom. The number of halogens is 1. The lowest BCUT2D eigenvalue weighted by Crippen LogP contribution is -2.47. The molecule has 0 bridgehead atoms. The molecule has 0 aromatic carbocycles. The van der Waals surface area contributed by atoms with Gasteiger partial charge >= 0.3 is 0 Å². The number of hydrogen-bond acceptors (Lipinski definition) is 3. The molecule has 1 fully saturated rings. The molecular formula is C12H24ClN3O2. The second-order valence-corrected chi connectivity index (χ2v) is 5.12. The molecule has 5 nitrogen and oxygen atoms in total. The van der Waals surface area contributed by atoms with Crippen LogP contribution >= 0.6 is 12.4 Å². The van der Waals surface area contributed by atoms with E-state index in [1.165, 1.54) is 0 Å². The molecular weight excluding hydrogens is 254 g/mol. The number of hydrogen-bond donors (Lipinski definition) is 2. The van der Waals surface area contributed by atoms with Gasteiger partial charge in [0.1, 0.15) is 0 Å². The molecule has 0 radical (unpaired) electrons. The summed E-state index contributed by atoms with van der Waals surface area (Å²) in [6.07, 6.45) is 1.92. The molecule has 3 N–H and O–H groups in total. The Morgan fingerprint density at radius 3 is 2.56 bits per heavy atom. The van der Waals surface area contributed by atoms with Crippen molar-refractivity contribution in [2.75, 3.05) is 26.2 Å². The highest BCUT2D eigenvalue weighted by Gasteiger charge is 2.26. The van der Waals surface area contributed by atoms with Gasteiger partial charge in [-0.2, -0.15) is 0 Å². The van der Waals surface area contributed by atoms with E-state index < -0.39 is 5.91 Å². The van der Waals surface area contributed by atoms with E-state index in [9.17, 15) is 9.59 Å². The number of nitrogens with zero attached hydrogens (tertiary/aromatic N) is 1. The zero-order chi connectivity index (χ0) is 12.8. The summed E-state index contributed by atoms with van der Waals surface area (Å²) in [5.41, 5.74) is 5.19. The van der Waals surface area contributed by atoms with E-state index in [2.05, 4.69) is 5.32 Å². The lowest BCUT2D eigenvalue weighted by atomic mass is 9.97. The summed E-state index contributed by atoms with van der Waals surface area (Å²) in [6, 6.07) is 0. The van der Waals surface area contributed by atoms with Crippen LogP contribution in [0.2, 0.25) is 0 Å². The summed E-state index contributed by atoms with van der Waals surface area (Å²) >= 11 is 0. The maximum Gasteiger partial charge on any atom is 0.237 e. The van der Waals surface area contributed by atoms with Gasteiger partial charge in [0.2, 0.25) is 11.8 Å². The summed E-state index contributed by atoms with van der Waals surface area (Å²) in [4.78, 5) is 24.8. The molecule has 18 heavy (non-hydrogen) atoms. The van der Waals surface area contributed by atoms with Crippen LogP contribution < -0.4 is 11.1 Å². The number of nitrogens with two attached hydrogens (primary N) is 1. The highest BCUT2D eigenvalue weighted by molar-refractivity contribution is 5.85. The molecule has 1 rings (SSSR count). The molecule has 1 heterocycles. The normalized spacial score (nSPS) is 19.2. The third-order valence-electron chi connectivity index (χ3n) is 2.89. The molecule has 1 aliphatic rings. The molecule has 106 valence electrons. The zero-order valence-corrected chi connectivity index (χ0v) is 12.0. The minimum atomic E-state index is -0.442. The first-order valence-corrected chi connectivity index (χ1v) is 6.28. The molecule has 1 atom stereocenters. The van der Waals surface area contributed by atoms with Crippen molar-refractivity contribution in [1.29, 1.82) is 0 Å². The summed E-state index contributed by atoms with van der Waals surface area (Å²) in [5.74, 6) is -0.0378. The Morgan fingerprint density at radius 1 is 1.44 bits per heavy atom. The van der Waals surface area contributed by atoms with Crippen molar-refractivity contribution in [2.45, 2.75) is 26.7 Å². The van der Waals surface area contributed by atoms with Crippen LogP contribution in [0.15, 0.2) is 0 Å². The molecule has 2 amide bonds. The second-order valence-electron chi connectivity index (χ2n) is 5.12. The SMILES string of the molecule is CC(C)CN(CC(N)=O)C(=O)C1CCCNC1.Cl. The predicted octanol–water partition coefficient (Wildman–Crippen LogP) is 0.378. The summed E-state index contributed by atoms with van der Waals surface area (Å²) in [7, 11) is 0. The van der Waals surface area contributed by atoms with E-state index in [1.807, 2.05) is 13.8 Å².